The van der Waals surface area contributed by atoms with Crippen molar-refractivity contribution in [3.05, 3.63) is 34.3 Å². The Labute approximate surface area is 83.1 Å². The van der Waals surface area contributed by atoms with E-state index < -0.39 is 0 Å². The summed E-state index contributed by atoms with van der Waals surface area (Å²) in [4.78, 5) is 0. The molecule has 2 aliphatic rings. The van der Waals surface area contributed by atoms with Crippen LogP contribution in [0.2, 0.25) is 5.02 Å². The first kappa shape index (κ1) is 7.84. The second-order valence-electron chi connectivity index (χ2n) is 4.01. The number of benzene rings is 1. The van der Waals surface area contributed by atoms with Gasteiger partial charge >= 0.3 is 0 Å². The quantitative estimate of drug-likeness (QED) is 0.723. The van der Waals surface area contributed by atoms with Gasteiger partial charge in [0.2, 0.25) is 0 Å². The van der Waals surface area contributed by atoms with Crippen LogP contribution in [0.3, 0.4) is 0 Å². The molecule has 1 aromatic rings. The molecule has 1 saturated carbocycles. The van der Waals surface area contributed by atoms with Crippen molar-refractivity contribution in [2.75, 3.05) is 0 Å². The predicted molar refractivity (Wildman–Crippen MR) is 53.8 cm³/mol. The summed E-state index contributed by atoms with van der Waals surface area (Å²) in [6, 6.07) is 6.76. The molecular formula is C11H12ClN. The van der Waals surface area contributed by atoms with Crippen LogP contribution in [0.1, 0.15) is 30.0 Å². The van der Waals surface area contributed by atoms with Crippen LogP contribution < -0.4 is 5.32 Å². The van der Waals surface area contributed by atoms with E-state index in [9.17, 15) is 0 Å². The molecule has 3 rings (SSSR count). The summed E-state index contributed by atoms with van der Waals surface area (Å²) in [6.45, 7) is 0.997. The Bertz CT molecular complexity index is 344. The topological polar surface area (TPSA) is 12.0 Å². The van der Waals surface area contributed by atoms with Crippen LogP contribution in [0, 0.1) is 5.92 Å². The molecule has 1 aromatic carbocycles. The Morgan fingerprint density at radius 2 is 2.15 bits per heavy atom. The standard InChI is InChI=1S/C11H12ClN/c12-9-3-1-2-8-6-13-11(10(8)9)7-4-5-7/h1-3,7,11,13H,4-6H2. The van der Waals surface area contributed by atoms with E-state index in [2.05, 4.69) is 11.4 Å². The zero-order chi connectivity index (χ0) is 8.84. The molecule has 1 atom stereocenters. The van der Waals surface area contributed by atoms with Gasteiger partial charge < -0.3 is 5.32 Å². The molecule has 0 spiro atoms. The Morgan fingerprint density at radius 3 is 2.92 bits per heavy atom. The smallest absolute Gasteiger partial charge is 0.0457 e. The summed E-state index contributed by atoms with van der Waals surface area (Å²) in [5, 5.41) is 4.48. The predicted octanol–water partition coefficient (Wildman–Crippen LogP) is 2.89. The van der Waals surface area contributed by atoms with Gasteiger partial charge in [-0.05, 0) is 36.0 Å². The zero-order valence-electron chi connectivity index (χ0n) is 7.39. The minimum atomic E-state index is 0.545. The van der Waals surface area contributed by atoms with E-state index in [-0.39, 0.29) is 0 Å². The van der Waals surface area contributed by atoms with Crippen LogP contribution in [-0.4, -0.2) is 0 Å². The fourth-order valence-electron chi connectivity index (χ4n) is 2.24. The highest BCUT2D eigenvalue weighted by molar-refractivity contribution is 6.31. The third kappa shape index (κ3) is 1.18. The Kier molecular flexibility index (Phi) is 1.64. The van der Waals surface area contributed by atoms with Crippen molar-refractivity contribution < 1.29 is 0 Å². The van der Waals surface area contributed by atoms with Gasteiger partial charge in [0.25, 0.3) is 0 Å². The molecule has 68 valence electrons. The van der Waals surface area contributed by atoms with Gasteiger partial charge in [-0.25, -0.2) is 0 Å². The maximum atomic E-state index is 6.20. The second-order valence-corrected chi connectivity index (χ2v) is 4.42. The third-order valence-corrected chi connectivity index (χ3v) is 3.39. The lowest BCUT2D eigenvalue weighted by molar-refractivity contribution is 0.523. The van der Waals surface area contributed by atoms with E-state index in [1.807, 2.05) is 12.1 Å². The van der Waals surface area contributed by atoms with E-state index in [4.69, 9.17) is 11.6 Å². The summed E-state index contributed by atoms with van der Waals surface area (Å²) in [5.74, 6) is 0.848. The van der Waals surface area contributed by atoms with Crippen molar-refractivity contribution in [1.82, 2.24) is 5.32 Å². The fraction of sp³-hybridized carbons (Fsp3) is 0.455. The van der Waals surface area contributed by atoms with E-state index in [1.165, 1.54) is 24.0 Å². The van der Waals surface area contributed by atoms with Gasteiger partial charge in [-0.15, -0.1) is 0 Å². The molecular weight excluding hydrogens is 182 g/mol. The Balaban J connectivity index is 2.07. The Morgan fingerprint density at radius 1 is 1.31 bits per heavy atom. The van der Waals surface area contributed by atoms with Crippen molar-refractivity contribution in [2.24, 2.45) is 5.92 Å². The molecule has 1 aliphatic heterocycles. The first-order chi connectivity index (χ1) is 6.36. The molecule has 1 fully saturated rings. The van der Waals surface area contributed by atoms with Crippen LogP contribution in [0.5, 0.6) is 0 Å². The van der Waals surface area contributed by atoms with E-state index >= 15 is 0 Å². The summed E-state index contributed by atoms with van der Waals surface area (Å²) in [5.41, 5.74) is 2.76. The molecule has 1 N–H and O–H groups in total. The lowest BCUT2D eigenvalue weighted by Gasteiger charge is -2.11. The fourth-order valence-corrected chi connectivity index (χ4v) is 2.55. The minimum absolute atomic E-state index is 0.545. The number of halogens is 1. The van der Waals surface area contributed by atoms with Crippen molar-refractivity contribution in [1.29, 1.82) is 0 Å². The molecule has 1 heterocycles. The Hall–Kier alpha value is -0.530. The number of hydrogen-bond acceptors (Lipinski definition) is 1. The number of rotatable bonds is 1. The van der Waals surface area contributed by atoms with Gasteiger partial charge in [-0.2, -0.15) is 0 Å². The number of hydrogen-bond donors (Lipinski definition) is 1. The molecule has 1 unspecified atom stereocenters. The molecule has 0 bridgehead atoms. The summed E-state index contributed by atoms with van der Waals surface area (Å²) in [6.07, 6.45) is 2.73. The van der Waals surface area contributed by atoms with Crippen LogP contribution in [0.4, 0.5) is 0 Å². The molecule has 1 aliphatic carbocycles. The minimum Gasteiger partial charge on any atom is -0.306 e. The highest BCUT2D eigenvalue weighted by Crippen LogP contribution is 2.46. The van der Waals surface area contributed by atoms with Crippen molar-refractivity contribution >= 4 is 11.6 Å². The zero-order valence-corrected chi connectivity index (χ0v) is 8.14. The summed E-state index contributed by atoms with van der Waals surface area (Å²) in [7, 11) is 0. The second kappa shape index (κ2) is 2.73. The highest BCUT2D eigenvalue weighted by atomic mass is 35.5. The molecule has 0 amide bonds. The summed E-state index contributed by atoms with van der Waals surface area (Å²) < 4.78 is 0. The van der Waals surface area contributed by atoms with Gasteiger partial charge in [0.1, 0.15) is 0 Å². The van der Waals surface area contributed by atoms with E-state index in [0.29, 0.717) is 6.04 Å². The molecule has 2 heteroatoms. The van der Waals surface area contributed by atoms with Crippen molar-refractivity contribution in [3.63, 3.8) is 0 Å². The monoisotopic (exact) mass is 193 g/mol. The lowest BCUT2D eigenvalue weighted by atomic mass is 10.0. The largest absolute Gasteiger partial charge is 0.306 e. The van der Waals surface area contributed by atoms with Gasteiger partial charge in [0.15, 0.2) is 0 Å². The highest BCUT2D eigenvalue weighted by Gasteiger charge is 2.37. The lowest BCUT2D eigenvalue weighted by Crippen LogP contribution is -2.13. The molecule has 0 radical (unpaired) electrons. The number of fused-ring (bicyclic) bond motifs is 1. The molecule has 0 aromatic heterocycles. The van der Waals surface area contributed by atoms with Gasteiger partial charge in [0, 0.05) is 17.6 Å². The number of nitrogens with one attached hydrogen (secondary N) is 1. The normalized spacial score (nSPS) is 26.1. The first-order valence-corrected chi connectivity index (χ1v) is 5.25. The molecule has 1 nitrogen and oxygen atoms in total. The van der Waals surface area contributed by atoms with Crippen molar-refractivity contribution in [2.45, 2.75) is 25.4 Å². The van der Waals surface area contributed by atoms with Gasteiger partial charge in [-0.1, -0.05) is 23.7 Å². The van der Waals surface area contributed by atoms with Crippen LogP contribution in [-0.2, 0) is 6.54 Å². The van der Waals surface area contributed by atoms with Crippen molar-refractivity contribution in [3.8, 4) is 0 Å². The van der Waals surface area contributed by atoms with E-state index in [0.717, 1.165) is 17.5 Å². The SMILES string of the molecule is Clc1cccc2c1C(C1CC1)NC2. The van der Waals surface area contributed by atoms with Gasteiger partial charge in [0.05, 0.1) is 0 Å². The average molecular weight is 194 g/mol. The first-order valence-electron chi connectivity index (χ1n) is 4.87. The van der Waals surface area contributed by atoms with Crippen LogP contribution >= 0.6 is 11.6 Å². The van der Waals surface area contributed by atoms with Gasteiger partial charge in [-0.3, -0.25) is 0 Å². The maximum absolute atomic E-state index is 6.20. The molecule has 0 saturated heterocycles. The third-order valence-electron chi connectivity index (χ3n) is 3.06. The average Bonchev–Trinajstić information content (AvgIpc) is 2.87. The summed E-state index contributed by atoms with van der Waals surface area (Å²) >= 11 is 6.20. The van der Waals surface area contributed by atoms with Crippen LogP contribution in [0.25, 0.3) is 0 Å². The maximum Gasteiger partial charge on any atom is 0.0457 e. The molecule has 13 heavy (non-hydrogen) atoms. The van der Waals surface area contributed by atoms with Crippen LogP contribution in [0.15, 0.2) is 18.2 Å². The van der Waals surface area contributed by atoms with E-state index in [1.54, 1.807) is 0 Å².